The molecule has 0 fully saturated rings. The van der Waals surface area contributed by atoms with Gasteiger partial charge >= 0.3 is 0 Å². The van der Waals surface area contributed by atoms with Crippen molar-refractivity contribution >= 4 is 37.6 Å². The minimum Gasteiger partial charge on any atom is -0.497 e. The number of hydrazone groups is 1. The Morgan fingerprint density at radius 1 is 0.968 bits per heavy atom. The normalized spacial score (nSPS) is 19.2. The van der Waals surface area contributed by atoms with Crippen molar-refractivity contribution in [3.05, 3.63) is 86.3 Å². The van der Waals surface area contributed by atoms with E-state index in [9.17, 15) is 0 Å². The molecule has 0 aromatic heterocycles. The Labute approximate surface area is 197 Å². The van der Waals surface area contributed by atoms with Gasteiger partial charge in [-0.3, -0.25) is 0 Å². The van der Waals surface area contributed by atoms with E-state index in [0.29, 0.717) is 0 Å². The molecule has 5 rings (SSSR count). The third kappa shape index (κ3) is 3.70. The topological polar surface area (TPSA) is 43.3 Å². The van der Waals surface area contributed by atoms with Gasteiger partial charge in [0, 0.05) is 22.0 Å². The van der Waals surface area contributed by atoms with Crippen LogP contribution in [0, 0.1) is 0 Å². The van der Waals surface area contributed by atoms with E-state index in [2.05, 4.69) is 55.1 Å². The molecular formula is C24H20Br2N2O3. The number of rotatable bonds is 4. The standard InChI is InChI=1S/C24H20Br2N2O3/c1-29-17-7-3-14(4-8-17)20-13-21-18-12-16(25)6-10-22(18)31-24(28(21)27-20)15-5-9-23(30-2)19(26)11-15/h3-12,21,24H,13H2,1-2H3/t21-,24+/m0/s1. The monoisotopic (exact) mass is 542 g/mol. The van der Waals surface area contributed by atoms with Crippen LogP contribution in [0.25, 0.3) is 0 Å². The summed E-state index contributed by atoms with van der Waals surface area (Å²) in [6, 6.07) is 20.3. The van der Waals surface area contributed by atoms with Crippen molar-refractivity contribution in [1.29, 1.82) is 0 Å². The Morgan fingerprint density at radius 3 is 2.48 bits per heavy atom. The zero-order valence-electron chi connectivity index (χ0n) is 17.0. The van der Waals surface area contributed by atoms with Crippen molar-refractivity contribution in [3.63, 3.8) is 0 Å². The molecule has 2 heterocycles. The highest BCUT2D eigenvalue weighted by Gasteiger charge is 2.41. The fourth-order valence-electron chi connectivity index (χ4n) is 4.07. The quantitative estimate of drug-likeness (QED) is 0.378. The highest BCUT2D eigenvalue weighted by atomic mass is 79.9. The van der Waals surface area contributed by atoms with Crippen LogP contribution >= 0.6 is 31.9 Å². The van der Waals surface area contributed by atoms with Gasteiger partial charge in [0.25, 0.3) is 0 Å². The van der Waals surface area contributed by atoms with Crippen LogP contribution in [0.5, 0.6) is 17.2 Å². The van der Waals surface area contributed by atoms with Gasteiger partial charge in [0.1, 0.15) is 17.2 Å². The van der Waals surface area contributed by atoms with E-state index in [0.717, 1.165) is 55.0 Å². The summed E-state index contributed by atoms with van der Waals surface area (Å²) in [7, 11) is 3.33. The molecule has 0 aliphatic carbocycles. The Morgan fingerprint density at radius 2 is 1.77 bits per heavy atom. The van der Waals surface area contributed by atoms with Crippen LogP contribution in [0.1, 0.15) is 35.4 Å². The van der Waals surface area contributed by atoms with Gasteiger partial charge in [0.05, 0.1) is 30.4 Å². The summed E-state index contributed by atoms with van der Waals surface area (Å²) < 4.78 is 19.1. The molecule has 2 aliphatic heterocycles. The van der Waals surface area contributed by atoms with E-state index in [-0.39, 0.29) is 12.3 Å². The summed E-state index contributed by atoms with van der Waals surface area (Å²) in [4.78, 5) is 0. The summed E-state index contributed by atoms with van der Waals surface area (Å²) in [6.07, 6.45) is 0.462. The molecule has 31 heavy (non-hydrogen) atoms. The van der Waals surface area contributed by atoms with Gasteiger partial charge < -0.3 is 14.2 Å². The van der Waals surface area contributed by atoms with Gasteiger partial charge in [-0.25, -0.2) is 5.01 Å². The number of methoxy groups -OCH3 is 2. The Hall–Kier alpha value is -2.51. The fourth-order valence-corrected chi connectivity index (χ4v) is 5.01. The second-order valence-corrected chi connectivity index (χ2v) is 9.19. The first-order valence-corrected chi connectivity index (χ1v) is 11.5. The number of halogens is 2. The maximum atomic E-state index is 6.45. The summed E-state index contributed by atoms with van der Waals surface area (Å²) in [6.45, 7) is 0. The fraction of sp³-hybridized carbons (Fsp3) is 0.208. The number of fused-ring (bicyclic) bond motifs is 3. The Kier molecular flexibility index (Phi) is 5.40. The van der Waals surface area contributed by atoms with Crippen molar-refractivity contribution in [1.82, 2.24) is 5.01 Å². The predicted molar refractivity (Wildman–Crippen MR) is 127 cm³/mol. The molecule has 2 atom stereocenters. The highest BCUT2D eigenvalue weighted by Crippen LogP contribution is 2.48. The van der Waals surface area contributed by atoms with E-state index in [1.807, 2.05) is 42.5 Å². The number of hydrogen-bond acceptors (Lipinski definition) is 5. The number of nitrogens with zero attached hydrogens (tertiary/aromatic N) is 2. The first kappa shape index (κ1) is 20.4. The van der Waals surface area contributed by atoms with E-state index in [1.54, 1.807) is 14.2 Å². The first-order valence-electron chi connectivity index (χ1n) is 9.87. The minimum absolute atomic E-state index is 0.0872. The molecule has 0 N–H and O–H groups in total. The van der Waals surface area contributed by atoms with Crippen LogP contribution in [0.15, 0.2) is 74.7 Å². The largest absolute Gasteiger partial charge is 0.497 e. The number of benzene rings is 3. The zero-order valence-corrected chi connectivity index (χ0v) is 20.2. The molecule has 2 aliphatic rings. The van der Waals surface area contributed by atoms with E-state index in [4.69, 9.17) is 19.3 Å². The van der Waals surface area contributed by atoms with Gasteiger partial charge in [-0.2, -0.15) is 5.10 Å². The van der Waals surface area contributed by atoms with Gasteiger partial charge in [-0.05, 0) is 82.2 Å². The first-order chi connectivity index (χ1) is 15.1. The molecule has 0 saturated carbocycles. The predicted octanol–water partition coefficient (Wildman–Crippen LogP) is 6.47. The van der Waals surface area contributed by atoms with E-state index < -0.39 is 0 Å². The molecule has 7 heteroatoms. The van der Waals surface area contributed by atoms with Crippen LogP contribution in [0.4, 0.5) is 0 Å². The summed E-state index contributed by atoms with van der Waals surface area (Å²) in [5, 5.41) is 7.09. The Balaban J connectivity index is 1.57. The lowest BCUT2D eigenvalue weighted by Crippen LogP contribution is -2.33. The van der Waals surface area contributed by atoms with Crippen LogP contribution in [-0.4, -0.2) is 24.9 Å². The van der Waals surface area contributed by atoms with Gasteiger partial charge in [0.15, 0.2) is 0 Å². The Bertz CT molecular complexity index is 1160. The lowest BCUT2D eigenvalue weighted by atomic mass is 9.96. The van der Waals surface area contributed by atoms with Crippen molar-refractivity contribution in [2.75, 3.05) is 14.2 Å². The van der Waals surface area contributed by atoms with Crippen LogP contribution < -0.4 is 14.2 Å². The van der Waals surface area contributed by atoms with Crippen LogP contribution in [-0.2, 0) is 0 Å². The van der Waals surface area contributed by atoms with Crippen molar-refractivity contribution in [3.8, 4) is 17.2 Å². The molecule has 0 radical (unpaired) electrons. The van der Waals surface area contributed by atoms with E-state index >= 15 is 0 Å². The molecule has 3 aromatic carbocycles. The zero-order chi connectivity index (χ0) is 21.5. The second-order valence-electron chi connectivity index (χ2n) is 7.42. The minimum atomic E-state index is -0.336. The molecular weight excluding hydrogens is 524 g/mol. The average molecular weight is 544 g/mol. The lowest BCUT2D eigenvalue weighted by Gasteiger charge is -2.38. The molecule has 0 spiro atoms. The summed E-state index contributed by atoms with van der Waals surface area (Å²) in [5.74, 6) is 2.50. The number of hydrogen-bond donors (Lipinski definition) is 0. The van der Waals surface area contributed by atoms with Gasteiger partial charge in [0.2, 0.25) is 6.23 Å². The lowest BCUT2D eigenvalue weighted by molar-refractivity contribution is -0.0191. The van der Waals surface area contributed by atoms with Gasteiger partial charge in [-0.15, -0.1) is 0 Å². The third-order valence-electron chi connectivity index (χ3n) is 5.64. The van der Waals surface area contributed by atoms with Crippen LogP contribution in [0.2, 0.25) is 0 Å². The molecule has 0 bridgehead atoms. The molecule has 0 amide bonds. The second kappa shape index (κ2) is 8.20. The molecule has 0 unspecified atom stereocenters. The molecule has 158 valence electrons. The molecule has 3 aromatic rings. The van der Waals surface area contributed by atoms with Crippen molar-refractivity contribution in [2.24, 2.45) is 5.10 Å². The molecule has 5 nitrogen and oxygen atoms in total. The highest BCUT2D eigenvalue weighted by molar-refractivity contribution is 9.10. The smallest absolute Gasteiger partial charge is 0.213 e. The maximum Gasteiger partial charge on any atom is 0.213 e. The maximum absolute atomic E-state index is 6.45. The van der Waals surface area contributed by atoms with Gasteiger partial charge in [-0.1, -0.05) is 15.9 Å². The summed E-state index contributed by atoms with van der Waals surface area (Å²) in [5.41, 5.74) is 4.25. The summed E-state index contributed by atoms with van der Waals surface area (Å²) >= 11 is 7.20. The third-order valence-corrected chi connectivity index (χ3v) is 6.75. The van der Waals surface area contributed by atoms with Crippen molar-refractivity contribution < 1.29 is 14.2 Å². The van der Waals surface area contributed by atoms with Crippen LogP contribution in [0.3, 0.4) is 0 Å². The SMILES string of the molecule is COc1ccc(C2=NN3[C@@H](c4ccc(OC)c(Br)c4)Oc4ccc(Br)cc4[C@@H]3C2)cc1. The number of ether oxygens (including phenoxy) is 3. The average Bonchev–Trinajstić information content (AvgIpc) is 3.24. The van der Waals surface area contributed by atoms with Crippen molar-refractivity contribution in [2.45, 2.75) is 18.7 Å². The van der Waals surface area contributed by atoms with E-state index in [1.165, 1.54) is 0 Å². The molecule has 0 saturated heterocycles.